The van der Waals surface area contributed by atoms with Crippen molar-refractivity contribution in [2.45, 2.75) is 10.6 Å². The van der Waals surface area contributed by atoms with Crippen LogP contribution in [0.2, 0.25) is 5.02 Å². The van der Waals surface area contributed by atoms with Crippen molar-refractivity contribution in [2.75, 3.05) is 5.32 Å². The molecule has 0 spiro atoms. The molecule has 25 heavy (non-hydrogen) atoms. The fourth-order valence-corrected chi connectivity index (χ4v) is 5.89. The van der Waals surface area contributed by atoms with Crippen molar-refractivity contribution in [1.82, 2.24) is 0 Å². The molecule has 2 aromatic carbocycles. The molecule has 1 aliphatic heterocycles. The van der Waals surface area contributed by atoms with E-state index in [4.69, 9.17) is 11.6 Å². The molecule has 7 heteroatoms. The number of anilines is 1. The second-order valence-electron chi connectivity index (χ2n) is 5.68. The number of halogens is 1. The average molecular weight is 390 g/mol. The highest BCUT2D eigenvalue weighted by molar-refractivity contribution is 7.91. The zero-order valence-corrected chi connectivity index (χ0v) is 15.2. The first-order chi connectivity index (χ1) is 11.9. The van der Waals surface area contributed by atoms with Gasteiger partial charge < -0.3 is 5.32 Å². The maximum Gasteiger partial charge on any atom is 0.265 e. The SMILES string of the molecule is O=C(Nc1cccc(Cl)c1)c1cc2c(s1)-c1ccccc1S(=O)(=O)C2. The Morgan fingerprint density at radius 2 is 1.88 bits per heavy atom. The van der Waals surface area contributed by atoms with E-state index < -0.39 is 9.84 Å². The van der Waals surface area contributed by atoms with Gasteiger partial charge in [0.2, 0.25) is 0 Å². The van der Waals surface area contributed by atoms with Gasteiger partial charge in [0.1, 0.15) is 0 Å². The molecular weight excluding hydrogens is 378 g/mol. The third-order valence-corrected chi connectivity index (χ3v) is 7.09. The standard InChI is InChI=1S/C18H12ClNO3S2/c19-12-4-3-5-13(9-12)20-18(21)15-8-11-10-25(22,23)16-7-2-1-6-14(16)17(11)24-15/h1-9H,10H2,(H,20,21). The van der Waals surface area contributed by atoms with Crippen molar-refractivity contribution in [3.8, 4) is 10.4 Å². The maximum atomic E-state index is 12.5. The third-order valence-electron chi connectivity index (χ3n) is 3.93. The summed E-state index contributed by atoms with van der Waals surface area (Å²) in [6, 6.07) is 15.4. The zero-order chi connectivity index (χ0) is 17.6. The van der Waals surface area contributed by atoms with Crippen LogP contribution in [-0.4, -0.2) is 14.3 Å². The number of sulfone groups is 1. The van der Waals surface area contributed by atoms with E-state index in [-0.39, 0.29) is 11.7 Å². The van der Waals surface area contributed by atoms with Gasteiger partial charge in [-0.15, -0.1) is 11.3 Å². The molecule has 1 aromatic heterocycles. The predicted octanol–water partition coefficient (Wildman–Crippen LogP) is 4.61. The van der Waals surface area contributed by atoms with Crippen molar-refractivity contribution < 1.29 is 13.2 Å². The van der Waals surface area contributed by atoms with E-state index in [1.54, 1.807) is 54.6 Å². The van der Waals surface area contributed by atoms with Crippen LogP contribution in [0.5, 0.6) is 0 Å². The molecule has 0 bridgehead atoms. The minimum absolute atomic E-state index is 0.0830. The highest BCUT2D eigenvalue weighted by Crippen LogP contribution is 2.42. The van der Waals surface area contributed by atoms with Crippen LogP contribution in [-0.2, 0) is 15.6 Å². The van der Waals surface area contributed by atoms with E-state index in [9.17, 15) is 13.2 Å². The molecule has 1 amide bonds. The normalized spacial score (nSPS) is 14.4. The molecule has 0 atom stereocenters. The van der Waals surface area contributed by atoms with Crippen molar-refractivity contribution >= 4 is 44.4 Å². The first-order valence-corrected chi connectivity index (χ1v) is 10.3. The van der Waals surface area contributed by atoms with Crippen molar-refractivity contribution in [3.05, 3.63) is 70.1 Å². The van der Waals surface area contributed by atoms with Gasteiger partial charge in [-0.25, -0.2) is 8.42 Å². The highest BCUT2D eigenvalue weighted by atomic mass is 35.5. The average Bonchev–Trinajstić information content (AvgIpc) is 2.98. The smallest absolute Gasteiger partial charge is 0.265 e. The Kier molecular flexibility index (Phi) is 3.91. The minimum atomic E-state index is -3.37. The molecule has 0 unspecified atom stereocenters. The Balaban J connectivity index is 1.72. The minimum Gasteiger partial charge on any atom is -0.321 e. The Labute approximate surface area is 154 Å². The number of amides is 1. The molecular formula is C18H12ClNO3S2. The summed E-state index contributed by atoms with van der Waals surface area (Å²) >= 11 is 7.23. The molecule has 1 aliphatic rings. The predicted molar refractivity (Wildman–Crippen MR) is 100 cm³/mol. The van der Waals surface area contributed by atoms with Gasteiger partial charge in [-0.3, -0.25) is 4.79 Å². The molecule has 126 valence electrons. The van der Waals surface area contributed by atoms with E-state index in [1.807, 2.05) is 0 Å². The molecule has 0 radical (unpaired) electrons. The lowest BCUT2D eigenvalue weighted by atomic mass is 10.1. The maximum absolute atomic E-state index is 12.5. The van der Waals surface area contributed by atoms with Crippen LogP contribution < -0.4 is 5.32 Å². The van der Waals surface area contributed by atoms with Crippen molar-refractivity contribution in [3.63, 3.8) is 0 Å². The summed E-state index contributed by atoms with van der Waals surface area (Å²) in [5, 5.41) is 3.32. The number of nitrogens with one attached hydrogen (secondary N) is 1. The van der Waals surface area contributed by atoms with E-state index in [2.05, 4.69) is 5.32 Å². The number of carbonyl (C=O) groups excluding carboxylic acids is 1. The van der Waals surface area contributed by atoms with Gasteiger partial charge in [0, 0.05) is 21.2 Å². The van der Waals surface area contributed by atoms with Crippen LogP contribution in [0.15, 0.2) is 59.5 Å². The summed E-state index contributed by atoms with van der Waals surface area (Å²) in [6.45, 7) is 0. The van der Waals surface area contributed by atoms with Gasteiger partial charge in [0.25, 0.3) is 5.91 Å². The Morgan fingerprint density at radius 3 is 2.68 bits per heavy atom. The summed E-state index contributed by atoms with van der Waals surface area (Å²) < 4.78 is 24.9. The topological polar surface area (TPSA) is 63.2 Å². The number of carbonyl (C=O) groups is 1. The third kappa shape index (κ3) is 2.97. The van der Waals surface area contributed by atoms with Gasteiger partial charge in [0.05, 0.1) is 15.5 Å². The van der Waals surface area contributed by atoms with Gasteiger partial charge in [-0.1, -0.05) is 35.9 Å². The Morgan fingerprint density at radius 1 is 1.08 bits per heavy atom. The summed E-state index contributed by atoms with van der Waals surface area (Å²) in [7, 11) is -3.37. The van der Waals surface area contributed by atoms with E-state index >= 15 is 0 Å². The van der Waals surface area contributed by atoms with Gasteiger partial charge in [0.15, 0.2) is 9.84 Å². The van der Waals surface area contributed by atoms with Crippen LogP contribution in [0, 0.1) is 0 Å². The molecule has 3 aromatic rings. The molecule has 4 nitrogen and oxygen atoms in total. The second-order valence-corrected chi connectivity index (χ2v) is 9.13. The molecule has 1 N–H and O–H groups in total. The number of hydrogen-bond acceptors (Lipinski definition) is 4. The fraction of sp³-hybridized carbons (Fsp3) is 0.0556. The Bertz CT molecular complexity index is 1100. The van der Waals surface area contributed by atoms with Crippen LogP contribution in [0.1, 0.15) is 15.2 Å². The van der Waals surface area contributed by atoms with Gasteiger partial charge in [-0.05, 0) is 35.9 Å². The summed E-state index contributed by atoms with van der Waals surface area (Å²) in [6.07, 6.45) is 0. The molecule has 0 fully saturated rings. The lowest BCUT2D eigenvalue weighted by Crippen LogP contribution is -2.11. The van der Waals surface area contributed by atoms with E-state index in [1.165, 1.54) is 11.3 Å². The van der Waals surface area contributed by atoms with Crippen molar-refractivity contribution in [2.24, 2.45) is 0 Å². The molecule has 4 rings (SSSR count). The molecule has 2 heterocycles. The summed E-state index contributed by atoms with van der Waals surface area (Å²) in [4.78, 5) is 14.2. The second kappa shape index (κ2) is 5.98. The zero-order valence-electron chi connectivity index (χ0n) is 12.8. The van der Waals surface area contributed by atoms with E-state index in [0.717, 1.165) is 4.88 Å². The lowest BCUT2D eigenvalue weighted by molar-refractivity contribution is 0.103. The van der Waals surface area contributed by atoms with Gasteiger partial charge in [-0.2, -0.15) is 0 Å². The monoisotopic (exact) mass is 389 g/mol. The van der Waals surface area contributed by atoms with E-state index in [0.29, 0.717) is 31.6 Å². The Hall–Kier alpha value is -2.15. The van der Waals surface area contributed by atoms with Gasteiger partial charge >= 0.3 is 0 Å². The van der Waals surface area contributed by atoms with Crippen molar-refractivity contribution in [1.29, 1.82) is 0 Å². The summed E-state index contributed by atoms with van der Waals surface area (Å²) in [5.41, 5.74) is 1.92. The summed E-state index contributed by atoms with van der Waals surface area (Å²) in [5.74, 6) is -0.364. The number of rotatable bonds is 2. The molecule has 0 aliphatic carbocycles. The van der Waals surface area contributed by atoms with Crippen LogP contribution in [0.25, 0.3) is 10.4 Å². The largest absolute Gasteiger partial charge is 0.321 e. The fourth-order valence-electron chi connectivity index (χ4n) is 2.84. The first kappa shape index (κ1) is 16.3. The quantitative estimate of drug-likeness (QED) is 0.696. The number of fused-ring (bicyclic) bond motifs is 3. The number of benzene rings is 2. The van der Waals surface area contributed by atoms with Crippen LogP contribution in [0.3, 0.4) is 0 Å². The number of hydrogen-bond donors (Lipinski definition) is 1. The van der Waals surface area contributed by atoms with Crippen LogP contribution >= 0.6 is 22.9 Å². The lowest BCUT2D eigenvalue weighted by Gasteiger charge is -2.15. The molecule has 0 saturated carbocycles. The number of thiophene rings is 1. The first-order valence-electron chi connectivity index (χ1n) is 7.46. The van der Waals surface area contributed by atoms with Crippen LogP contribution in [0.4, 0.5) is 5.69 Å². The highest BCUT2D eigenvalue weighted by Gasteiger charge is 2.30. The molecule has 0 saturated heterocycles.